The second-order valence-electron chi connectivity index (χ2n) is 6.21. The molecular weight excluding hydrogens is 244 g/mol. The number of aliphatic hydroxyl groups is 1. The summed E-state index contributed by atoms with van der Waals surface area (Å²) in [6, 6.07) is -0.198. The largest absolute Gasteiger partial charge is 0.394 e. The summed E-state index contributed by atoms with van der Waals surface area (Å²) in [6.45, 7) is 9.89. The average Bonchev–Trinajstić information content (AvgIpc) is 2.29. The molecule has 5 heteroatoms. The van der Waals surface area contributed by atoms with Crippen molar-refractivity contribution in [1.82, 2.24) is 10.6 Å². The number of aliphatic hydroxyl groups excluding tert-OH is 1. The Kier molecular flexibility index (Phi) is 7.68. The molecule has 1 atom stereocenters. The molecular formula is C14H28N2O3. The van der Waals surface area contributed by atoms with Gasteiger partial charge < -0.3 is 15.7 Å². The Morgan fingerprint density at radius 3 is 2.21 bits per heavy atom. The lowest BCUT2D eigenvalue weighted by Gasteiger charge is -2.20. The zero-order valence-corrected chi connectivity index (χ0v) is 12.7. The molecule has 0 aromatic heterocycles. The lowest BCUT2D eigenvalue weighted by molar-refractivity contribution is -0.128. The first-order valence-corrected chi connectivity index (χ1v) is 6.87. The van der Waals surface area contributed by atoms with E-state index >= 15 is 0 Å². The van der Waals surface area contributed by atoms with Crippen LogP contribution in [0.1, 0.15) is 47.5 Å². The lowest BCUT2D eigenvalue weighted by Crippen LogP contribution is -2.41. The molecule has 0 aromatic carbocycles. The van der Waals surface area contributed by atoms with Gasteiger partial charge in [0.25, 0.3) is 0 Å². The fourth-order valence-corrected chi connectivity index (χ4v) is 1.42. The van der Waals surface area contributed by atoms with Crippen LogP contribution < -0.4 is 10.6 Å². The Labute approximate surface area is 116 Å². The molecule has 0 saturated carbocycles. The molecule has 0 aliphatic rings. The molecule has 0 aliphatic carbocycles. The van der Waals surface area contributed by atoms with Crippen LogP contribution >= 0.6 is 0 Å². The summed E-state index contributed by atoms with van der Waals surface area (Å²) in [5.41, 5.74) is -0.401. The van der Waals surface area contributed by atoms with Crippen LogP contribution in [-0.2, 0) is 9.59 Å². The van der Waals surface area contributed by atoms with Crippen molar-refractivity contribution in [3.05, 3.63) is 0 Å². The number of hydrogen-bond donors (Lipinski definition) is 3. The van der Waals surface area contributed by atoms with Crippen molar-refractivity contribution >= 4 is 11.8 Å². The third-order valence-corrected chi connectivity index (χ3v) is 2.90. The summed E-state index contributed by atoms with van der Waals surface area (Å²) in [7, 11) is 0. The minimum atomic E-state index is -0.401. The Balaban J connectivity index is 3.84. The first kappa shape index (κ1) is 17.9. The summed E-state index contributed by atoms with van der Waals surface area (Å²) in [5.74, 6) is 0.107. The van der Waals surface area contributed by atoms with E-state index in [1.165, 1.54) is 0 Å². The highest BCUT2D eigenvalue weighted by Gasteiger charge is 2.20. The molecule has 3 N–H and O–H groups in total. The normalized spacial score (nSPS) is 13.2. The van der Waals surface area contributed by atoms with Gasteiger partial charge in [-0.1, -0.05) is 34.6 Å². The van der Waals surface area contributed by atoms with Crippen molar-refractivity contribution in [2.45, 2.75) is 53.5 Å². The fraction of sp³-hybridized carbons (Fsp3) is 0.857. The predicted molar refractivity (Wildman–Crippen MR) is 75.6 cm³/mol. The van der Waals surface area contributed by atoms with Crippen LogP contribution in [0.5, 0.6) is 0 Å². The van der Waals surface area contributed by atoms with Crippen molar-refractivity contribution in [2.75, 3.05) is 13.2 Å². The summed E-state index contributed by atoms with van der Waals surface area (Å²) < 4.78 is 0. The number of nitrogens with one attached hydrogen (secondary N) is 2. The second-order valence-corrected chi connectivity index (χ2v) is 6.21. The zero-order chi connectivity index (χ0) is 15.1. The van der Waals surface area contributed by atoms with Crippen LogP contribution in [0.2, 0.25) is 0 Å². The molecule has 1 unspecified atom stereocenters. The third kappa shape index (κ3) is 7.82. The van der Waals surface area contributed by atoms with Gasteiger partial charge in [-0.2, -0.15) is 0 Å². The van der Waals surface area contributed by atoms with Gasteiger partial charge in [0.15, 0.2) is 0 Å². The lowest BCUT2D eigenvalue weighted by atomic mass is 9.96. The maximum atomic E-state index is 11.6. The first-order chi connectivity index (χ1) is 8.68. The van der Waals surface area contributed by atoms with Crippen molar-refractivity contribution in [3.63, 3.8) is 0 Å². The number of hydrogen-bond acceptors (Lipinski definition) is 3. The van der Waals surface area contributed by atoms with E-state index in [0.29, 0.717) is 19.4 Å². The second kappa shape index (κ2) is 8.15. The summed E-state index contributed by atoms with van der Waals surface area (Å²) in [5, 5.41) is 14.7. The Bertz CT molecular complexity index is 296. The Morgan fingerprint density at radius 2 is 1.79 bits per heavy atom. The van der Waals surface area contributed by atoms with Crippen LogP contribution in [0.25, 0.3) is 0 Å². The van der Waals surface area contributed by atoms with Gasteiger partial charge in [-0.25, -0.2) is 0 Å². The van der Waals surface area contributed by atoms with Gasteiger partial charge in [0, 0.05) is 18.4 Å². The van der Waals surface area contributed by atoms with Crippen LogP contribution in [0.3, 0.4) is 0 Å². The van der Waals surface area contributed by atoms with E-state index in [-0.39, 0.29) is 30.4 Å². The van der Waals surface area contributed by atoms with E-state index < -0.39 is 5.41 Å². The molecule has 0 spiro atoms. The standard InChI is InChI=1S/C14H28N2O3/c1-10(2)11(9-17)16-12(18)7-6-8-15-13(19)14(3,4)5/h10-11,17H,6-9H2,1-5H3,(H,15,19)(H,16,18). The molecule has 0 aliphatic heterocycles. The molecule has 19 heavy (non-hydrogen) atoms. The molecule has 0 heterocycles. The molecule has 0 radical (unpaired) electrons. The van der Waals surface area contributed by atoms with Gasteiger partial charge in [0.05, 0.1) is 12.6 Å². The van der Waals surface area contributed by atoms with Gasteiger partial charge in [-0.3, -0.25) is 9.59 Å². The number of carbonyl (C=O) groups excluding carboxylic acids is 2. The van der Waals surface area contributed by atoms with Gasteiger partial charge >= 0.3 is 0 Å². The van der Waals surface area contributed by atoms with Gasteiger partial charge in [-0.05, 0) is 12.3 Å². The van der Waals surface area contributed by atoms with Crippen LogP contribution in [0.4, 0.5) is 0 Å². The van der Waals surface area contributed by atoms with E-state index in [1.54, 1.807) is 0 Å². The molecule has 2 amide bonds. The van der Waals surface area contributed by atoms with Crippen molar-refractivity contribution in [1.29, 1.82) is 0 Å². The maximum Gasteiger partial charge on any atom is 0.225 e. The van der Waals surface area contributed by atoms with Crippen molar-refractivity contribution < 1.29 is 14.7 Å². The molecule has 0 saturated heterocycles. The molecule has 0 aromatic rings. The van der Waals surface area contributed by atoms with E-state index in [0.717, 1.165) is 0 Å². The van der Waals surface area contributed by atoms with Crippen LogP contribution in [0.15, 0.2) is 0 Å². The summed E-state index contributed by atoms with van der Waals surface area (Å²) >= 11 is 0. The van der Waals surface area contributed by atoms with Crippen molar-refractivity contribution in [3.8, 4) is 0 Å². The fourth-order valence-electron chi connectivity index (χ4n) is 1.42. The molecule has 0 fully saturated rings. The minimum absolute atomic E-state index is 0.0108. The monoisotopic (exact) mass is 272 g/mol. The van der Waals surface area contributed by atoms with E-state index in [2.05, 4.69) is 10.6 Å². The Morgan fingerprint density at radius 1 is 1.21 bits per heavy atom. The quantitative estimate of drug-likeness (QED) is 0.606. The number of amides is 2. The minimum Gasteiger partial charge on any atom is -0.394 e. The first-order valence-electron chi connectivity index (χ1n) is 6.87. The highest BCUT2D eigenvalue weighted by atomic mass is 16.3. The van der Waals surface area contributed by atoms with E-state index in [9.17, 15) is 9.59 Å². The van der Waals surface area contributed by atoms with Gasteiger partial charge in [0.1, 0.15) is 0 Å². The number of carbonyl (C=O) groups is 2. The van der Waals surface area contributed by atoms with Crippen LogP contribution in [-0.4, -0.2) is 36.1 Å². The SMILES string of the molecule is CC(C)C(CO)NC(=O)CCCNC(=O)C(C)(C)C. The smallest absolute Gasteiger partial charge is 0.225 e. The van der Waals surface area contributed by atoms with E-state index in [4.69, 9.17) is 5.11 Å². The van der Waals surface area contributed by atoms with Gasteiger partial charge in [-0.15, -0.1) is 0 Å². The molecule has 0 rings (SSSR count). The zero-order valence-electron chi connectivity index (χ0n) is 12.7. The summed E-state index contributed by atoms with van der Waals surface area (Å²) in [4.78, 5) is 23.2. The van der Waals surface area contributed by atoms with Gasteiger partial charge in [0.2, 0.25) is 11.8 Å². The third-order valence-electron chi connectivity index (χ3n) is 2.90. The van der Waals surface area contributed by atoms with Crippen molar-refractivity contribution in [2.24, 2.45) is 11.3 Å². The molecule has 112 valence electrons. The summed E-state index contributed by atoms with van der Waals surface area (Å²) in [6.07, 6.45) is 0.956. The Hall–Kier alpha value is -1.10. The molecule has 5 nitrogen and oxygen atoms in total. The van der Waals surface area contributed by atoms with E-state index in [1.807, 2.05) is 34.6 Å². The predicted octanol–water partition coefficient (Wildman–Crippen LogP) is 1.06. The highest BCUT2D eigenvalue weighted by molar-refractivity contribution is 5.81. The maximum absolute atomic E-state index is 11.6. The molecule has 0 bridgehead atoms. The number of rotatable bonds is 7. The van der Waals surface area contributed by atoms with Crippen LogP contribution in [0, 0.1) is 11.3 Å². The average molecular weight is 272 g/mol. The highest BCUT2D eigenvalue weighted by Crippen LogP contribution is 2.12. The topological polar surface area (TPSA) is 78.4 Å².